The summed E-state index contributed by atoms with van der Waals surface area (Å²) in [7, 11) is 1.40. The first-order chi connectivity index (χ1) is 4.74. The Morgan fingerprint density at radius 2 is 2.40 bits per heavy atom. The Balaban J connectivity index is 3.09. The zero-order valence-corrected chi connectivity index (χ0v) is 5.40. The number of anilines is 1. The van der Waals surface area contributed by atoms with E-state index in [0.29, 0.717) is 0 Å². The number of ether oxygens (including phenoxy) is 1. The zero-order chi connectivity index (χ0) is 7.56. The Kier molecular flexibility index (Phi) is 1.57. The predicted molar refractivity (Wildman–Crippen MR) is 34.7 cm³/mol. The van der Waals surface area contributed by atoms with Crippen molar-refractivity contribution in [3.8, 4) is 11.8 Å². The molecule has 0 saturated carbocycles. The molecule has 0 fully saturated rings. The van der Waals surface area contributed by atoms with Gasteiger partial charge < -0.3 is 15.6 Å². The van der Waals surface area contributed by atoms with Crippen LogP contribution < -0.4 is 10.5 Å². The summed E-state index contributed by atoms with van der Waals surface area (Å²) in [6.07, 6.45) is 1.15. The molecule has 0 saturated heterocycles. The summed E-state index contributed by atoms with van der Waals surface area (Å²) in [6, 6.07) is 0. The molecular weight excluding hydrogens is 134 g/mol. The molecular formula is C5H7N3O2. The maximum atomic E-state index is 8.76. The molecule has 54 valence electrons. The van der Waals surface area contributed by atoms with E-state index in [-0.39, 0.29) is 17.6 Å². The van der Waals surface area contributed by atoms with Gasteiger partial charge in [-0.15, -0.1) is 0 Å². The summed E-state index contributed by atoms with van der Waals surface area (Å²) in [6.45, 7) is 0. The van der Waals surface area contributed by atoms with Crippen LogP contribution >= 0.6 is 0 Å². The Morgan fingerprint density at radius 1 is 1.70 bits per heavy atom. The molecule has 1 aromatic rings. The number of rotatable bonds is 1. The average Bonchev–Trinajstić information content (AvgIpc) is 1.94. The fourth-order valence-corrected chi connectivity index (χ4v) is 0.523. The minimum atomic E-state index is -0.203. The van der Waals surface area contributed by atoms with Crippen molar-refractivity contribution in [3.63, 3.8) is 0 Å². The molecule has 5 heteroatoms. The standard InChI is InChI=1S/C5H7N3O2/c1-10-5-4(6)7-2-3(9)8-5/h2H,1H3,(H2,6,7)(H,8,9). The second-order valence-corrected chi connectivity index (χ2v) is 1.62. The summed E-state index contributed by atoms with van der Waals surface area (Å²) in [5, 5.41) is 8.76. The van der Waals surface area contributed by atoms with Crippen molar-refractivity contribution in [2.45, 2.75) is 0 Å². The van der Waals surface area contributed by atoms with Crippen LogP contribution in [0.5, 0.6) is 11.8 Å². The van der Waals surface area contributed by atoms with Crippen molar-refractivity contribution in [3.05, 3.63) is 6.20 Å². The second kappa shape index (κ2) is 2.38. The minimum absolute atomic E-state index is 0.139. The largest absolute Gasteiger partial charge is 0.492 e. The molecule has 0 aliphatic rings. The fourth-order valence-electron chi connectivity index (χ4n) is 0.523. The van der Waals surface area contributed by atoms with Gasteiger partial charge in [-0.1, -0.05) is 0 Å². The summed E-state index contributed by atoms with van der Waals surface area (Å²) >= 11 is 0. The van der Waals surface area contributed by atoms with Gasteiger partial charge in [0, 0.05) is 0 Å². The van der Waals surface area contributed by atoms with Gasteiger partial charge in [0.25, 0.3) is 5.88 Å². The quantitative estimate of drug-likeness (QED) is 0.564. The van der Waals surface area contributed by atoms with Gasteiger partial charge in [-0.3, -0.25) is 0 Å². The highest BCUT2D eigenvalue weighted by Gasteiger charge is 2.01. The van der Waals surface area contributed by atoms with Crippen LogP contribution in [0.4, 0.5) is 5.82 Å². The average molecular weight is 141 g/mol. The number of hydrogen-bond donors (Lipinski definition) is 2. The van der Waals surface area contributed by atoms with E-state index >= 15 is 0 Å². The van der Waals surface area contributed by atoms with Crippen molar-refractivity contribution in [2.75, 3.05) is 12.8 Å². The molecule has 10 heavy (non-hydrogen) atoms. The fraction of sp³-hybridized carbons (Fsp3) is 0.200. The Bertz CT molecular complexity index is 238. The molecule has 1 aromatic heterocycles. The normalized spacial score (nSPS) is 9.30. The van der Waals surface area contributed by atoms with E-state index in [1.165, 1.54) is 7.11 Å². The number of aromatic hydroxyl groups is 1. The molecule has 3 N–H and O–H groups in total. The Labute approximate surface area is 57.5 Å². The topological polar surface area (TPSA) is 81.3 Å². The zero-order valence-electron chi connectivity index (χ0n) is 5.40. The first-order valence-electron chi connectivity index (χ1n) is 2.59. The van der Waals surface area contributed by atoms with Crippen molar-refractivity contribution >= 4 is 5.82 Å². The van der Waals surface area contributed by atoms with E-state index in [9.17, 15) is 0 Å². The summed E-state index contributed by atoms with van der Waals surface area (Å²) < 4.78 is 4.67. The first kappa shape index (κ1) is 6.60. The van der Waals surface area contributed by atoms with Crippen molar-refractivity contribution in [1.29, 1.82) is 0 Å². The highest BCUT2D eigenvalue weighted by molar-refractivity contribution is 5.40. The van der Waals surface area contributed by atoms with Crippen LogP contribution in [0.15, 0.2) is 6.20 Å². The highest BCUT2D eigenvalue weighted by Crippen LogP contribution is 2.16. The number of methoxy groups -OCH3 is 1. The molecule has 0 bridgehead atoms. The number of hydrogen-bond acceptors (Lipinski definition) is 5. The van der Waals surface area contributed by atoms with Crippen LogP contribution in [-0.2, 0) is 0 Å². The van der Waals surface area contributed by atoms with Gasteiger partial charge in [-0.05, 0) is 0 Å². The molecule has 0 radical (unpaired) electrons. The van der Waals surface area contributed by atoms with Gasteiger partial charge in [0.15, 0.2) is 5.82 Å². The minimum Gasteiger partial charge on any atom is -0.492 e. The highest BCUT2D eigenvalue weighted by atomic mass is 16.5. The summed E-state index contributed by atoms with van der Waals surface area (Å²) in [5.41, 5.74) is 5.29. The smallest absolute Gasteiger partial charge is 0.260 e. The number of nitrogen functional groups attached to an aromatic ring is 1. The maximum absolute atomic E-state index is 8.76. The van der Waals surface area contributed by atoms with Gasteiger partial charge in [0.1, 0.15) is 0 Å². The lowest BCUT2D eigenvalue weighted by atomic mass is 10.6. The van der Waals surface area contributed by atoms with Crippen LogP contribution in [0, 0.1) is 0 Å². The molecule has 1 rings (SSSR count). The van der Waals surface area contributed by atoms with Gasteiger partial charge >= 0.3 is 0 Å². The van der Waals surface area contributed by atoms with Crippen LogP contribution in [0.2, 0.25) is 0 Å². The molecule has 0 aliphatic carbocycles. The lowest BCUT2D eigenvalue weighted by molar-refractivity contribution is 0.379. The predicted octanol–water partition coefficient (Wildman–Crippen LogP) is -0.227. The molecule has 0 atom stereocenters. The lowest BCUT2D eigenvalue weighted by Crippen LogP contribution is -1.97. The molecule has 0 amide bonds. The third-order valence-corrected chi connectivity index (χ3v) is 0.948. The third-order valence-electron chi connectivity index (χ3n) is 0.948. The SMILES string of the molecule is COc1nc(O)cnc1N. The van der Waals surface area contributed by atoms with Gasteiger partial charge in [0.05, 0.1) is 13.3 Å². The number of nitrogens with two attached hydrogens (primary N) is 1. The van der Waals surface area contributed by atoms with E-state index in [4.69, 9.17) is 10.8 Å². The lowest BCUT2D eigenvalue weighted by Gasteiger charge is -1.99. The Hall–Kier alpha value is -1.52. The van der Waals surface area contributed by atoms with Crippen LogP contribution in [0.25, 0.3) is 0 Å². The van der Waals surface area contributed by atoms with Crippen molar-refractivity contribution in [2.24, 2.45) is 0 Å². The second-order valence-electron chi connectivity index (χ2n) is 1.62. The van der Waals surface area contributed by atoms with Gasteiger partial charge in [0.2, 0.25) is 5.88 Å². The monoisotopic (exact) mass is 141 g/mol. The molecule has 0 aromatic carbocycles. The molecule has 0 spiro atoms. The van der Waals surface area contributed by atoms with Gasteiger partial charge in [-0.2, -0.15) is 4.98 Å². The van der Waals surface area contributed by atoms with E-state index < -0.39 is 0 Å². The maximum Gasteiger partial charge on any atom is 0.260 e. The Morgan fingerprint density at radius 3 is 2.90 bits per heavy atom. The summed E-state index contributed by atoms with van der Waals surface area (Å²) in [4.78, 5) is 7.13. The third kappa shape index (κ3) is 1.07. The first-order valence-corrected chi connectivity index (χ1v) is 2.59. The van der Waals surface area contributed by atoms with E-state index in [2.05, 4.69) is 14.7 Å². The molecule has 0 unspecified atom stereocenters. The van der Waals surface area contributed by atoms with Crippen molar-refractivity contribution in [1.82, 2.24) is 9.97 Å². The van der Waals surface area contributed by atoms with E-state index in [1.807, 2.05) is 0 Å². The van der Waals surface area contributed by atoms with Crippen LogP contribution in [-0.4, -0.2) is 22.2 Å². The molecule has 1 heterocycles. The van der Waals surface area contributed by atoms with Crippen molar-refractivity contribution < 1.29 is 9.84 Å². The van der Waals surface area contributed by atoms with E-state index in [0.717, 1.165) is 6.20 Å². The van der Waals surface area contributed by atoms with Gasteiger partial charge in [-0.25, -0.2) is 4.98 Å². The number of aromatic nitrogens is 2. The van der Waals surface area contributed by atoms with Crippen LogP contribution in [0.3, 0.4) is 0 Å². The number of nitrogens with zero attached hydrogens (tertiary/aromatic N) is 2. The molecule has 0 aliphatic heterocycles. The summed E-state index contributed by atoms with van der Waals surface area (Å²) in [5.74, 6) is 0.103. The van der Waals surface area contributed by atoms with E-state index in [1.54, 1.807) is 0 Å². The molecule has 5 nitrogen and oxygen atoms in total. The van der Waals surface area contributed by atoms with Crippen LogP contribution in [0.1, 0.15) is 0 Å².